The van der Waals surface area contributed by atoms with Crippen molar-refractivity contribution in [3.8, 4) is 0 Å². The van der Waals surface area contributed by atoms with Crippen LogP contribution in [-0.4, -0.2) is 45.3 Å². The highest BCUT2D eigenvalue weighted by Gasteiger charge is 2.13. The van der Waals surface area contributed by atoms with E-state index in [1.165, 1.54) is 7.11 Å². The predicted octanol–water partition coefficient (Wildman–Crippen LogP) is 0.574. The van der Waals surface area contributed by atoms with Gasteiger partial charge in [0.15, 0.2) is 0 Å². The minimum Gasteiger partial charge on any atom is -0.385 e. The smallest absolute Gasteiger partial charge is 0.250 e. The number of benzene rings is 1. The molecule has 1 aromatic rings. The van der Waals surface area contributed by atoms with Crippen LogP contribution in [0.3, 0.4) is 0 Å². The number of methoxy groups -OCH3 is 2. The summed E-state index contributed by atoms with van der Waals surface area (Å²) in [5.74, 6) is -0.515. The fraction of sp³-hybridized carbons (Fsp3) is 0.429. The lowest BCUT2D eigenvalue weighted by atomic mass is 10.2. The van der Waals surface area contributed by atoms with Crippen molar-refractivity contribution in [2.75, 3.05) is 38.1 Å². The van der Waals surface area contributed by atoms with E-state index in [9.17, 15) is 9.59 Å². The maximum Gasteiger partial charge on any atom is 0.250 e. The lowest BCUT2D eigenvalue weighted by Gasteiger charge is -2.12. The van der Waals surface area contributed by atoms with Crippen LogP contribution in [0.15, 0.2) is 24.3 Å². The Morgan fingerprint density at radius 1 is 1.10 bits per heavy atom. The van der Waals surface area contributed by atoms with E-state index in [0.717, 1.165) is 0 Å². The Balaban J connectivity index is 2.50. The number of hydrogen-bond donors (Lipinski definition) is 3. The van der Waals surface area contributed by atoms with Crippen LogP contribution in [0, 0.1) is 0 Å². The Morgan fingerprint density at radius 2 is 1.67 bits per heavy atom. The van der Waals surface area contributed by atoms with Crippen molar-refractivity contribution in [1.29, 1.82) is 0 Å². The van der Waals surface area contributed by atoms with Crippen molar-refractivity contribution in [2.45, 2.75) is 12.5 Å². The van der Waals surface area contributed by atoms with Crippen LogP contribution in [0.5, 0.6) is 0 Å². The van der Waals surface area contributed by atoms with Crippen molar-refractivity contribution in [1.82, 2.24) is 0 Å². The van der Waals surface area contributed by atoms with Gasteiger partial charge in [0.2, 0.25) is 11.8 Å². The summed E-state index contributed by atoms with van der Waals surface area (Å²) in [4.78, 5) is 23.1. The van der Waals surface area contributed by atoms with Gasteiger partial charge in [0.25, 0.3) is 0 Å². The summed E-state index contributed by atoms with van der Waals surface area (Å²) in [5.41, 5.74) is 6.95. The Bertz CT molecular complexity index is 462. The molecule has 2 amide bonds. The topological polar surface area (TPSA) is 103 Å². The Morgan fingerprint density at radius 3 is 2.19 bits per heavy atom. The van der Waals surface area contributed by atoms with Crippen molar-refractivity contribution >= 4 is 23.2 Å². The summed E-state index contributed by atoms with van der Waals surface area (Å²) in [6, 6.07) is 6.12. The van der Waals surface area contributed by atoms with Crippen LogP contribution < -0.4 is 16.4 Å². The molecule has 1 unspecified atom stereocenters. The number of ether oxygens (including phenoxy) is 2. The lowest BCUT2D eigenvalue weighted by molar-refractivity contribution is -0.119. The quantitative estimate of drug-likeness (QED) is 0.651. The van der Waals surface area contributed by atoms with Crippen LogP contribution in [0.4, 0.5) is 11.4 Å². The maximum atomic E-state index is 11.8. The molecular formula is C14H21N3O4. The average Bonchev–Trinajstić information content (AvgIpc) is 2.47. The zero-order valence-corrected chi connectivity index (χ0v) is 12.2. The summed E-state index contributed by atoms with van der Waals surface area (Å²) in [6.07, 6.45) is 0.452. The molecule has 0 radical (unpaired) electrons. The van der Waals surface area contributed by atoms with Crippen LogP contribution in [0.2, 0.25) is 0 Å². The second kappa shape index (κ2) is 9.06. The summed E-state index contributed by atoms with van der Waals surface area (Å²) in [7, 11) is 3.01. The molecule has 7 nitrogen and oxygen atoms in total. The first-order chi connectivity index (χ1) is 10.1. The molecule has 4 N–H and O–H groups in total. The first-order valence-electron chi connectivity index (χ1n) is 6.51. The minimum atomic E-state index is -0.619. The molecular weight excluding hydrogens is 274 g/mol. The average molecular weight is 295 g/mol. The van der Waals surface area contributed by atoms with Gasteiger partial charge in [-0.2, -0.15) is 0 Å². The first kappa shape index (κ1) is 17.1. The zero-order chi connectivity index (χ0) is 15.7. The molecule has 1 rings (SSSR count). The highest BCUT2D eigenvalue weighted by molar-refractivity contribution is 5.95. The molecule has 0 fully saturated rings. The van der Waals surface area contributed by atoms with Gasteiger partial charge in [-0.3, -0.25) is 9.59 Å². The second-order valence-electron chi connectivity index (χ2n) is 4.44. The van der Waals surface area contributed by atoms with Crippen LogP contribution in [-0.2, 0) is 19.1 Å². The molecule has 1 aromatic carbocycles. The standard InChI is InChI=1S/C14H21N3O4/c1-20-8-7-12(15)14(19)17-11-5-3-10(4-6-11)16-13(18)9-21-2/h3-6,12H,7-9,15H2,1-2H3,(H,16,18)(H,17,19). The minimum absolute atomic E-state index is 0.00710. The van der Waals surface area contributed by atoms with Gasteiger partial charge in [0.05, 0.1) is 6.04 Å². The molecule has 0 heterocycles. The normalized spacial score (nSPS) is 11.8. The van der Waals surface area contributed by atoms with E-state index < -0.39 is 6.04 Å². The number of anilines is 2. The molecule has 0 aliphatic carbocycles. The van der Waals surface area contributed by atoms with Crippen molar-refractivity contribution in [3.63, 3.8) is 0 Å². The molecule has 0 aliphatic heterocycles. The van der Waals surface area contributed by atoms with Crippen molar-refractivity contribution < 1.29 is 19.1 Å². The third-order valence-electron chi connectivity index (χ3n) is 2.68. The monoisotopic (exact) mass is 295 g/mol. The van der Waals surface area contributed by atoms with E-state index in [1.54, 1.807) is 31.4 Å². The second-order valence-corrected chi connectivity index (χ2v) is 4.44. The molecule has 0 spiro atoms. The highest BCUT2D eigenvalue weighted by Crippen LogP contribution is 2.13. The number of hydrogen-bond acceptors (Lipinski definition) is 5. The van der Waals surface area contributed by atoms with Crippen LogP contribution in [0.25, 0.3) is 0 Å². The number of carbonyl (C=O) groups excluding carboxylic acids is 2. The van der Waals surface area contributed by atoms with E-state index in [0.29, 0.717) is 24.4 Å². The van der Waals surface area contributed by atoms with Gasteiger partial charge in [-0.25, -0.2) is 0 Å². The number of rotatable bonds is 8. The summed E-state index contributed by atoms with van der Waals surface area (Å²) >= 11 is 0. The molecule has 116 valence electrons. The van der Waals surface area contributed by atoms with E-state index in [2.05, 4.69) is 10.6 Å². The number of carbonyl (C=O) groups is 2. The fourth-order valence-corrected chi connectivity index (χ4v) is 1.58. The van der Waals surface area contributed by atoms with Crippen LogP contribution in [0.1, 0.15) is 6.42 Å². The molecule has 21 heavy (non-hydrogen) atoms. The van der Waals surface area contributed by atoms with E-state index >= 15 is 0 Å². The molecule has 0 saturated carbocycles. The lowest BCUT2D eigenvalue weighted by Crippen LogP contribution is -2.36. The van der Waals surface area contributed by atoms with Gasteiger partial charge in [-0.05, 0) is 30.7 Å². The van der Waals surface area contributed by atoms with Crippen LogP contribution >= 0.6 is 0 Å². The Labute approximate surface area is 123 Å². The first-order valence-corrected chi connectivity index (χ1v) is 6.51. The Hall–Kier alpha value is -1.96. The van der Waals surface area contributed by atoms with Gasteiger partial charge in [-0.1, -0.05) is 0 Å². The third kappa shape index (κ3) is 6.35. The summed E-state index contributed by atoms with van der Waals surface area (Å²) in [6.45, 7) is 0.423. The molecule has 0 saturated heterocycles. The van der Waals surface area contributed by atoms with E-state index in [1.807, 2.05) is 0 Å². The number of nitrogens with two attached hydrogens (primary N) is 1. The van der Waals surface area contributed by atoms with Crippen molar-refractivity contribution in [3.05, 3.63) is 24.3 Å². The number of nitrogens with one attached hydrogen (secondary N) is 2. The predicted molar refractivity (Wildman–Crippen MR) is 80.0 cm³/mol. The highest BCUT2D eigenvalue weighted by atomic mass is 16.5. The summed E-state index contributed by atoms with van der Waals surface area (Å²) < 4.78 is 9.59. The molecule has 0 aliphatic rings. The largest absolute Gasteiger partial charge is 0.385 e. The van der Waals surface area contributed by atoms with Gasteiger partial charge in [0.1, 0.15) is 6.61 Å². The SMILES string of the molecule is COCCC(N)C(=O)Nc1ccc(NC(=O)COC)cc1. The third-order valence-corrected chi connectivity index (χ3v) is 2.68. The van der Waals surface area contributed by atoms with E-state index in [-0.39, 0.29) is 18.4 Å². The maximum absolute atomic E-state index is 11.8. The zero-order valence-electron chi connectivity index (χ0n) is 12.2. The van der Waals surface area contributed by atoms with Gasteiger partial charge < -0.3 is 25.8 Å². The van der Waals surface area contributed by atoms with E-state index in [4.69, 9.17) is 15.2 Å². The molecule has 0 bridgehead atoms. The molecule has 7 heteroatoms. The van der Waals surface area contributed by atoms with Gasteiger partial charge in [-0.15, -0.1) is 0 Å². The van der Waals surface area contributed by atoms with Gasteiger partial charge >= 0.3 is 0 Å². The summed E-state index contributed by atoms with van der Waals surface area (Å²) in [5, 5.41) is 5.36. The van der Waals surface area contributed by atoms with Crippen molar-refractivity contribution in [2.24, 2.45) is 5.73 Å². The van der Waals surface area contributed by atoms with Gasteiger partial charge in [0, 0.05) is 32.2 Å². The molecule has 0 aromatic heterocycles. The molecule has 1 atom stereocenters. The fourth-order valence-electron chi connectivity index (χ4n) is 1.58. The number of amides is 2. The Kier molecular flexibility index (Phi) is 7.38.